The summed E-state index contributed by atoms with van der Waals surface area (Å²) in [7, 11) is 0. The predicted octanol–water partition coefficient (Wildman–Crippen LogP) is 5.54. The molecule has 0 saturated carbocycles. The van der Waals surface area contributed by atoms with E-state index in [4.69, 9.17) is 11.6 Å². The van der Waals surface area contributed by atoms with Crippen molar-refractivity contribution in [3.8, 4) is 11.1 Å². The Morgan fingerprint density at radius 2 is 1.91 bits per heavy atom. The number of anilines is 1. The van der Waals surface area contributed by atoms with Crippen molar-refractivity contribution in [2.45, 2.75) is 31.3 Å². The summed E-state index contributed by atoms with van der Waals surface area (Å²) in [5, 5.41) is 16.5. The average molecular weight is 530 g/mol. The first-order chi connectivity index (χ1) is 17.0. The molecule has 9 heteroatoms. The zero-order chi connectivity index (χ0) is 24.8. The van der Waals surface area contributed by atoms with Gasteiger partial charge in [-0.3, -0.25) is 9.59 Å². The van der Waals surface area contributed by atoms with Crippen LogP contribution < -0.4 is 5.32 Å². The number of nitrogens with zero attached hydrogens (tertiary/aromatic N) is 2. The first-order valence-corrected chi connectivity index (χ1v) is 14.2. The molecule has 1 fully saturated rings. The van der Waals surface area contributed by atoms with Crippen molar-refractivity contribution in [1.82, 2.24) is 9.88 Å². The van der Waals surface area contributed by atoms with Crippen LogP contribution in [-0.4, -0.2) is 58.0 Å². The van der Waals surface area contributed by atoms with Crippen LogP contribution in [0.5, 0.6) is 0 Å². The van der Waals surface area contributed by atoms with Gasteiger partial charge in [0, 0.05) is 40.7 Å². The molecule has 2 heterocycles. The molecule has 2 amide bonds. The lowest BCUT2D eigenvalue weighted by Gasteiger charge is -2.32. The van der Waals surface area contributed by atoms with Gasteiger partial charge in [-0.25, -0.2) is 4.98 Å². The molecule has 6 nitrogen and oxygen atoms in total. The molecular formula is C26H28ClN3O3S2. The summed E-state index contributed by atoms with van der Waals surface area (Å²) in [6.07, 6.45) is 3.06. The summed E-state index contributed by atoms with van der Waals surface area (Å²) in [5.41, 5.74) is 2.97. The molecule has 1 aromatic heterocycles. The first-order valence-electron chi connectivity index (χ1n) is 11.5. The highest BCUT2D eigenvalue weighted by atomic mass is 35.5. The van der Waals surface area contributed by atoms with Gasteiger partial charge in [0.1, 0.15) is 11.8 Å². The number of halogens is 1. The standard InChI is InChI=1S/C26H28ClN3O3S2/c1-34-15-12-23(31)26(33)30-13-10-18(11-14-30)25-29-22(16-35-25)24(32)28-21-5-3-2-4-20(21)17-6-8-19(27)9-7-17/h2-9,16,18,23,31H,10-15H2,1H3,(H,28,32). The van der Waals surface area contributed by atoms with Crippen molar-refractivity contribution in [1.29, 1.82) is 0 Å². The number of hydrogen-bond donors (Lipinski definition) is 2. The molecule has 0 radical (unpaired) electrons. The van der Waals surface area contributed by atoms with Gasteiger partial charge < -0.3 is 15.3 Å². The van der Waals surface area contributed by atoms with Crippen LogP contribution in [0.25, 0.3) is 11.1 Å². The topological polar surface area (TPSA) is 82.5 Å². The Kier molecular flexibility index (Phi) is 8.83. The number of para-hydroxylation sites is 1. The van der Waals surface area contributed by atoms with Crippen LogP contribution in [-0.2, 0) is 4.79 Å². The van der Waals surface area contributed by atoms with E-state index in [1.165, 1.54) is 11.3 Å². The lowest BCUT2D eigenvalue weighted by Crippen LogP contribution is -2.43. The van der Waals surface area contributed by atoms with Crippen LogP contribution in [0.3, 0.4) is 0 Å². The monoisotopic (exact) mass is 529 g/mol. The van der Waals surface area contributed by atoms with Gasteiger partial charge in [0.2, 0.25) is 0 Å². The maximum atomic E-state index is 13.0. The highest BCUT2D eigenvalue weighted by Crippen LogP contribution is 2.32. The van der Waals surface area contributed by atoms with E-state index in [1.807, 2.05) is 54.8 Å². The van der Waals surface area contributed by atoms with Crippen LogP contribution in [0, 0.1) is 0 Å². The fourth-order valence-electron chi connectivity index (χ4n) is 4.15. The summed E-state index contributed by atoms with van der Waals surface area (Å²) >= 11 is 9.12. The fraction of sp³-hybridized carbons (Fsp3) is 0.346. The molecule has 3 aromatic rings. The highest BCUT2D eigenvalue weighted by molar-refractivity contribution is 7.98. The summed E-state index contributed by atoms with van der Waals surface area (Å²) in [6, 6.07) is 15.1. The van der Waals surface area contributed by atoms with E-state index in [0.717, 1.165) is 34.7 Å². The summed E-state index contributed by atoms with van der Waals surface area (Å²) < 4.78 is 0. The Morgan fingerprint density at radius 1 is 1.20 bits per heavy atom. The van der Waals surface area contributed by atoms with E-state index in [9.17, 15) is 14.7 Å². The molecule has 1 saturated heterocycles. The Hall–Kier alpha value is -2.39. The fourth-order valence-corrected chi connectivity index (χ4v) is 5.71. The molecule has 1 aliphatic heterocycles. The molecular weight excluding hydrogens is 502 g/mol. The van der Waals surface area contributed by atoms with Crippen LogP contribution in [0.2, 0.25) is 5.02 Å². The summed E-state index contributed by atoms with van der Waals surface area (Å²) in [5.74, 6) is 0.530. The molecule has 1 aliphatic rings. The normalized spacial score (nSPS) is 15.1. The van der Waals surface area contributed by atoms with Crippen LogP contribution >= 0.6 is 34.7 Å². The van der Waals surface area contributed by atoms with Gasteiger partial charge >= 0.3 is 0 Å². The van der Waals surface area contributed by atoms with Crippen LogP contribution in [0.4, 0.5) is 5.69 Å². The quantitative estimate of drug-likeness (QED) is 0.400. The minimum absolute atomic E-state index is 0.184. The minimum Gasteiger partial charge on any atom is -0.383 e. The maximum Gasteiger partial charge on any atom is 0.275 e. The zero-order valence-electron chi connectivity index (χ0n) is 19.4. The average Bonchev–Trinajstić information content (AvgIpc) is 3.38. The largest absolute Gasteiger partial charge is 0.383 e. The molecule has 0 spiro atoms. The van der Waals surface area contributed by atoms with Crippen molar-refractivity contribution in [3.05, 3.63) is 69.6 Å². The lowest BCUT2D eigenvalue weighted by atomic mass is 9.97. The summed E-state index contributed by atoms with van der Waals surface area (Å²) in [6.45, 7) is 1.19. The third-order valence-corrected chi connectivity index (χ3v) is 8.02. The second-order valence-electron chi connectivity index (χ2n) is 8.47. The molecule has 1 unspecified atom stereocenters. The third-order valence-electron chi connectivity index (χ3n) is 6.12. The van der Waals surface area contributed by atoms with E-state index in [-0.39, 0.29) is 17.7 Å². The van der Waals surface area contributed by atoms with Gasteiger partial charge in [0.15, 0.2) is 0 Å². The first kappa shape index (κ1) is 25.7. The second-order valence-corrected chi connectivity index (χ2v) is 10.8. The van der Waals surface area contributed by atoms with Crippen molar-refractivity contribution in [3.63, 3.8) is 0 Å². The Bertz CT molecular complexity index is 1160. The van der Waals surface area contributed by atoms with Gasteiger partial charge in [0.05, 0.1) is 5.01 Å². The van der Waals surface area contributed by atoms with Gasteiger partial charge in [-0.15, -0.1) is 11.3 Å². The summed E-state index contributed by atoms with van der Waals surface area (Å²) in [4.78, 5) is 31.8. The highest BCUT2D eigenvalue weighted by Gasteiger charge is 2.29. The third kappa shape index (κ3) is 6.44. The number of amides is 2. The maximum absolute atomic E-state index is 13.0. The van der Waals surface area contributed by atoms with Crippen molar-refractivity contribution < 1.29 is 14.7 Å². The number of aliphatic hydroxyl groups excluding tert-OH is 1. The van der Waals surface area contributed by atoms with Gasteiger partial charge in [0.25, 0.3) is 11.8 Å². The van der Waals surface area contributed by atoms with Crippen LogP contribution in [0.1, 0.15) is 40.7 Å². The van der Waals surface area contributed by atoms with Gasteiger partial charge in [-0.2, -0.15) is 11.8 Å². The Morgan fingerprint density at radius 3 is 2.63 bits per heavy atom. The smallest absolute Gasteiger partial charge is 0.275 e. The molecule has 1 atom stereocenters. The minimum atomic E-state index is -0.926. The molecule has 0 bridgehead atoms. The van der Waals surface area contributed by atoms with Crippen molar-refractivity contribution in [2.75, 3.05) is 30.4 Å². The predicted molar refractivity (Wildman–Crippen MR) is 145 cm³/mol. The van der Waals surface area contributed by atoms with E-state index in [2.05, 4.69) is 10.3 Å². The molecule has 4 rings (SSSR count). The van der Waals surface area contributed by atoms with Gasteiger partial charge in [-0.05, 0) is 55.0 Å². The van der Waals surface area contributed by atoms with E-state index < -0.39 is 6.10 Å². The van der Waals surface area contributed by atoms with E-state index in [0.29, 0.717) is 35.9 Å². The number of carbonyl (C=O) groups is 2. The molecule has 2 aromatic carbocycles. The Balaban J connectivity index is 1.37. The molecule has 35 heavy (non-hydrogen) atoms. The number of hydrogen-bond acceptors (Lipinski definition) is 6. The molecule has 0 aliphatic carbocycles. The lowest BCUT2D eigenvalue weighted by molar-refractivity contribution is -0.141. The SMILES string of the molecule is CSCCC(O)C(=O)N1CCC(c2nc(C(=O)Nc3ccccc3-c3ccc(Cl)cc3)cs2)CC1. The number of carbonyl (C=O) groups excluding carboxylic acids is 2. The number of likely N-dealkylation sites (tertiary alicyclic amines) is 1. The van der Waals surface area contributed by atoms with Crippen LogP contribution in [0.15, 0.2) is 53.9 Å². The number of aromatic nitrogens is 1. The number of benzene rings is 2. The van der Waals surface area contributed by atoms with Crippen molar-refractivity contribution in [2.24, 2.45) is 0 Å². The second kappa shape index (κ2) is 12.0. The Labute approximate surface area is 218 Å². The van der Waals surface area contributed by atoms with E-state index in [1.54, 1.807) is 22.0 Å². The zero-order valence-corrected chi connectivity index (χ0v) is 21.8. The molecule has 184 valence electrons. The number of aliphatic hydroxyl groups is 1. The number of rotatable bonds is 8. The number of piperidine rings is 1. The number of thioether (sulfide) groups is 1. The molecule has 2 N–H and O–H groups in total. The number of thiazole rings is 1. The van der Waals surface area contributed by atoms with E-state index >= 15 is 0 Å². The van der Waals surface area contributed by atoms with Gasteiger partial charge in [-0.1, -0.05) is 41.9 Å². The number of nitrogens with one attached hydrogen (secondary N) is 1. The van der Waals surface area contributed by atoms with Crippen molar-refractivity contribution >= 4 is 52.2 Å².